The fourth-order valence-electron chi connectivity index (χ4n) is 5.10. The van der Waals surface area contributed by atoms with E-state index in [2.05, 4.69) is 4.90 Å². The third-order valence-electron chi connectivity index (χ3n) is 6.51. The van der Waals surface area contributed by atoms with E-state index in [0.29, 0.717) is 13.1 Å². The van der Waals surface area contributed by atoms with Crippen molar-refractivity contribution in [1.82, 2.24) is 14.9 Å². The molecular formula is C26H28N4O2. The third kappa shape index (κ3) is 3.70. The zero-order valence-corrected chi connectivity index (χ0v) is 18.8. The minimum absolute atomic E-state index is 0.0845. The lowest BCUT2D eigenvalue weighted by Gasteiger charge is -2.41. The number of likely N-dealkylation sites (tertiary alicyclic amines) is 1. The molecule has 2 aliphatic rings. The molecule has 1 amide bonds. The number of carbonyl (C=O) groups excluding carboxylic acids is 1. The van der Waals surface area contributed by atoms with Crippen LogP contribution in [0.4, 0.5) is 5.95 Å². The number of aryl methyl sites for hydroxylation is 2. The second-order valence-electron chi connectivity index (χ2n) is 8.73. The summed E-state index contributed by atoms with van der Waals surface area (Å²) in [5.41, 5.74) is 4.62. The van der Waals surface area contributed by atoms with Gasteiger partial charge in [-0.25, -0.2) is 9.97 Å². The summed E-state index contributed by atoms with van der Waals surface area (Å²) in [6, 6.07) is 18.2. The molecule has 0 spiro atoms. The number of anilines is 1. The van der Waals surface area contributed by atoms with E-state index in [-0.39, 0.29) is 18.0 Å². The van der Waals surface area contributed by atoms with Crippen LogP contribution in [-0.4, -0.2) is 53.1 Å². The van der Waals surface area contributed by atoms with E-state index in [1.54, 1.807) is 7.11 Å². The van der Waals surface area contributed by atoms with Gasteiger partial charge in [-0.2, -0.15) is 0 Å². The summed E-state index contributed by atoms with van der Waals surface area (Å²) in [5.74, 6) is 1.67. The molecule has 2 unspecified atom stereocenters. The van der Waals surface area contributed by atoms with Crippen molar-refractivity contribution < 1.29 is 9.53 Å². The lowest BCUT2D eigenvalue weighted by molar-refractivity contribution is 0.0717. The Morgan fingerprint density at radius 2 is 1.62 bits per heavy atom. The number of piperazine rings is 1. The first-order valence-corrected chi connectivity index (χ1v) is 11.2. The summed E-state index contributed by atoms with van der Waals surface area (Å²) >= 11 is 0. The molecule has 2 saturated heterocycles. The van der Waals surface area contributed by atoms with Gasteiger partial charge >= 0.3 is 0 Å². The van der Waals surface area contributed by atoms with Gasteiger partial charge in [0.05, 0.1) is 7.11 Å². The van der Waals surface area contributed by atoms with Crippen LogP contribution < -0.4 is 9.64 Å². The molecule has 2 aromatic carbocycles. The largest absolute Gasteiger partial charge is 0.497 e. The zero-order valence-electron chi connectivity index (χ0n) is 18.8. The second kappa shape index (κ2) is 8.26. The Bertz CT molecular complexity index is 1130. The van der Waals surface area contributed by atoms with Crippen LogP contribution in [0, 0.1) is 13.8 Å². The van der Waals surface area contributed by atoms with Gasteiger partial charge in [0.15, 0.2) is 0 Å². The smallest absolute Gasteiger partial charge is 0.254 e. The number of amides is 1. The maximum absolute atomic E-state index is 13.7. The summed E-state index contributed by atoms with van der Waals surface area (Å²) in [4.78, 5) is 27.4. The Labute approximate surface area is 188 Å². The molecule has 0 aliphatic carbocycles. The van der Waals surface area contributed by atoms with Crippen molar-refractivity contribution in [3.8, 4) is 16.9 Å². The van der Waals surface area contributed by atoms with Crippen molar-refractivity contribution in [2.75, 3.05) is 25.1 Å². The highest BCUT2D eigenvalue weighted by Gasteiger charge is 2.43. The van der Waals surface area contributed by atoms with Crippen LogP contribution in [-0.2, 0) is 0 Å². The van der Waals surface area contributed by atoms with E-state index in [9.17, 15) is 4.79 Å². The van der Waals surface area contributed by atoms with Crippen LogP contribution in [0.5, 0.6) is 5.75 Å². The van der Waals surface area contributed by atoms with Crippen LogP contribution in [0.15, 0.2) is 54.6 Å². The zero-order chi connectivity index (χ0) is 22.2. The SMILES string of the molecule is COc1cccc(-c2ccccc2C(=O)N2CC3CCC(C2)N3c2nc(C)cc(C)n2)c1. The molecule has 6 nitrogen and oxygen atoms in total. The number of rotatable bonds is 4. The lowest BCUT2D eigenvalue weighted by atomic mass is 9.98. The standard InChI is InChI=1S/C26H28N4O2/c1-17-13-18(2)28-26(27-17)30-20-11-12-21(30)16-29(15-20)25(31)24-10-5-4-9-23(24)19-7-6-8-22(14-19)32-3/h4-10,13-14,20-21H,11-12,15-16H2,1-3H3. The van der Waals surface area contributed by atoms with E-state index in [0.717, 1.165) is 52.6 Å². The highest BCUT2D eigenvalue weighted by molar-refractivity contribution is 6.01. The molecular weight excluding hydrogens is 400 g/mol. The van der Waals surface area contributed by atoms with Gasteiger partial charge in [-0.3, -0.25) is 4.79 Å². The highest BCUT2D eigenvalue weighted by atomic mass is 16.5. The van der Waals surface area contributed by atoms with Gasteiger partial charge in [0.25, 0.3) is 5.91 Å². The average molecular weight is 429 g/mol. The van der Waals surface area contributed by atoms with Gasteiger partial charge in [0.1, 0.15) is 5.75 Å². The average Bonchev–Trinajstić information content (AvgIpc) is 3.07. The van der Waals surface area contributed by atoms with Gasteiger partial charge in [-0.15, -0.1) is 0 Å². The summed E-state index contributed by atoms with van der Waals surface area (Å²) in [6.45, 7) is 5.40. The first kappa shape index (κ1) is 20.5. The summed E-state index contributed by atoms with van der Waals surface area (Å²) in [5, 5.41) is 0. The number of fused-ring (bicyclic) bond motifs is 2. The first-order valence-electron chi connectivity index (χ1n) is 11.2. The summed E-state index contributed by atoms with van der Waals surface area (Å²) in [6.07, 6.45) is 2.12. The molecule has 2 fully saturated rings. The van der Waals surface area contributed by atoms with E-state index < -0.39 is 0 Å². The van der Waals surface area contributed by atoms with Crippen LogP contribution >= 0.6 is 0 Å². The quantitative estimate of drug-likeness (QED) is 0.621. The van der Waals surface area contributed by atoms with Gasteiger partial charge in [-0.1, -0.05) is 30.3 Å². The molecule has 6 heteroatoms. The van der Waals surface area contributed by atoms with Crippen LogP contribution in [0.1, 0.15) is 34.6 Å². The molecule has 32 heavy (non-hydrogen) atoms. The molecule has 0 saturated carbocycles. The Hall–Kier alpha value is -3.41. The Morgan fingerprint density at radius 1 is 0.938 bits per heavy atom. The Morgan fingerprint density at radius 3 is 2.31 bits per heavy atom. The normalized spacial score (nSPS) is 19.8. The van der Waals surface area contributed by atoms with E-state index in [4.69, 9.17) is 14.7 Å². The number of hydrogen-bond donors (Lipinski definition) is 0. The number of methoxy groups -OCH3 is 1. The summed E-state index contributed by atoms with van der Waals surface area (Å²) < 4.78 is 5.39. The van der Waals surface area contributed by atoms with Crippen molar-refractivity contribution in [2.45, 2.75) is 38.8 Å². The number of nitrogens with zero attached hydrogens (tertiary/aromatic N) is 4. The minimum atomic E-state index is 0.0845. The topological polar surface area (TPSA) is 58.6 Å². The van der Waals surface area contributed by atoms with Gasteiger partial charge in [0, 0.05) is 42.1 Å². The number of hydrogen-bond acceptors (Lipinski definition) is 5. The Balaban J connectivity index is 1.42. The molecule has 2 bridgehead atoms. The van der Waals surface area contributed by atoms with Crippen molar-refractivity contribution in [2.24, 2.45) is 0 Å². The fraction of sp³-hybridized carbons (Fsp3) is 0.346. The van der Waals surface area contributed by atoms with Crippen LogP contribution in [0.25, 0.3) is 11.1 Å². The first-order chi connectivity index (χ1) is 15.5. The predicted octanol–water partition coefficient (Wildman–Crippen LogP) is 4.26. The van der Waals surface area contributed by atoms with Gasteiger partial charge < -0.3 is 14.5 Å². The van der Waals surface area contributed by atoms with Crippen molar-refractivity contribution in [3.63, 3.8) is 0 Å². The van der Waals surface area contributed by atoms with Gasteiger partial charge in [-0.05, 0) is 62.1 Å². The van der Waals surface area contributed by atoms with E-state index in [1.165, 1.54) is 0 Å². The lowest BCUT2D eigenvalue weighted by Crippen LogP contribution is -2.56. The van der Waals surface area contributed by atoms with Crippen LogP contribution in [0.3, 0.4) is 0 Å². The molecule has 0 radical (unpaired) electrons. The van der Waals surface area contributed by atoms with Crippen molar-refractivity contribution in [1.29, 1.82) is 0 Å². The molecule has 1 aromatic heterocycles. The second-order valence-corrected chi connectivity index (χ2v) is 8.73. The number of benzene rings is 2. The monoisotopic (exact) mass is 428 g/mol. The van der Waals surface area contributed by atoms with Gasteiger partial charge in [0.2, 0.25) is 5.95 Å². The van der Waals surface area contributed by atoms with E-state index in [1.807, 2.05) is 73.3 Å². The Kier molecular flexibility index (Phi) is 5.29. The molecule has 2 atom stereocenters. The maximum Gasteiger partial charge on any atom is 0.254 e. The van der Waals surface area contributed by atoms with Crippen molar-refractivity contribution in [3.05, 3.63) is 71.5 Å². The number of aromatic nitrogens is 2. The summed E-state index contributed by atoms with van der Waals surface area (Å²) in [7, 11) is 1.66. The molecule has 3 heterocycles. The molecule has 3 aromatic rings. The van der Waals surface area contributed by atoms with Crippen LogP contribution in [0.2, 0.25) is 0 Å². The fourth-order valence-corrected chi connectivity index (χ4v) is 5.10. The third-order valence-corrected chi connectivity index (χ3v) is 6.51. The molecule has 5 rings (SSSR count). The molecule has 2 aliphatic heterocycles. The van der Waals surface area contributed by atoms with Crippen molar-refractivity contribution >= 4 is 11.9 Å². The predicted molar refractivity (Wildman–Crippen MR) is 125 cm³/mol. The number of ether oxygens (including phenoxy) is 1. The minimum Gasteiger partial charge on any atom is -0.497 e. The highest BCUT2D eigenvalue weighted by Crippen LogP contribution is 2.35. The van der Waals surface area contributed by atoms with E-state index >= 15 is 0 Å². The molecule has 164 valence electrons. The maximum atomic E-state index is 13.7. The number of carbonyl (C=O) groups is 1. The molecule has 0 N–H and O–H groups in total.